The van der Waals surface area contributed by atoms with E-state index in [1.54, 1.807) is 31.8 Å². The highest BCUT2D eigenvalue weighted by Gasteiger charge is 2.20. The predicted octanol–water partition coefficient (Wildman–Crippen LogP) is 1.56. The summed E-state index contributed by atoms with van der Waals surface area (Å²) >= 11 is 1.25. The third kappa shape index (κ3) is 7.87. The second kappa shape index (κ2) is 13.0. The van der Waals surface area contributed by atoms with Crippen LogP contribution in [0, 0.1) is 0 Å². The monoisotopic (exact) mass is 520 g/mol. The molecule has 2 aromatic heterocycles. The molecule has 0 aliphatic carbocycles. The highest BCUT2D eigenvalue weighted by atomic mass is 32.2. The van der Waals surface area contributed by atoms with Crippen LogP contribution in [0.1, 0.15) is 16.3 Å². The summed E-state index contributed by atoms with van der Waals surface area (Å²) in [7, 11) is -0.698. The molecular weight excluding hydrogens is 496 g/mol. The van der Waals surface area contributed by atoms with Gasteiger partial charge >= 0.3 is 0 Å². The van der Waals surface area contributed by atoms with Crippen LogP contribution in [-0.2, 0) is 42.3 Å². The minimum atomic E-state index is -3.74. The number of ether oxygens (including phenoxy) is 2. The Bertz CT molecular complexity index is 1230. The minimum absolute atomic E-state index is 0.0276. The molecule has 2 N–H and O–H groups in total. The van der Waals surface area contributed by atoms with Crippen molar-refractivity contribution in [3.8, 4) is 0 Å². The van der Waals surface area contributed by atoms with Gasteiger partial charge in [-0.15, -0.1) is 0 Å². The van der Waals surface area contributed by atoms with Crippen LogP contribution < -0.4 is 10.0 Å². The van der Waals surface area contributed by atoms with Crippen molar-refractivity contribution in [3.05, 3.63) is 65.2 Å². The molecule has 0 atom stereocenters. The molecule has 0 unspecified atom stereocenters. The number of nitrogens with zero attached hydrogens (tertiary/aromatic N) is 4. The number of thiazole rings is 1. The van der Waals surface area contributed by atoms with Gasteiger partial charge in [0.1, 0.15) is 0 Å². The lowest BCUT2D eigenvalue weighted by Crippen LogP contribution is -2.27. The fourth-order valence-corrected chi connectivity index (χ4v) is 4.46. The van der Waals surface area contributed by atoms with E-state index in [4.69, 9.17) is 14.3 Å². The van der Waals surface area contributed by atoms with Gasteiger partial charge in [0.15, 0.2) is 23.3 Å². The van der Waals surface area contributed by atoms with E-state index in [1.807, 2.05) is 0 Å². The van der Waals surface area contributed by atoms with E-state index in [0.29, 0.717) is 23.1 Å². The number of oxime groups is 1. The molecular formula is C21H24N6O6S2. The lowest BCUT2D eigenvalue weighted by molar-refractivity contribution is -0.110. The minimum Gasteiger partial charge on any atom is -0.387 e. The summed E-state index contributed by atoms with van der Waals surface area (Å²) in [5.74, 6) is -0.213. The molecule has 12 nitrogen and oxygen atoms in total. The Labute approximate surface area is 206 Å². The van der Waals surface area contributed by atoms with Crippen molar-refractivity contribution in [3.63, 3.8) is 0 Å². The van der Waals surface area contributed by atoms with Crippen LogP contribution in [0.5, 0.6) is 0 Å². The number of nitrogens with one attached hydrogen (secondary N) is 2. The molecule has 0 spiro atoms. The number of carbonyl (C=O) groups is 1. The Hall–Kier alpha value is -3.30. The van der Waals surface area contributed by atoms with Gasteiger partial charge < -0.3 is 14.3 Å². The van der Waals surface area contributed by atoms with E-state index in [9.17, 15) is 13.2 Å². The molecule has 2 heterocycles. The summed E-state index contributed by atoms with van der Waals surface area (Å²) in [5.41, 5.74) is 0.252. The number of methoxy groups -OCH3 is 2. The van der Waals surface area contributed by atoms with E-state index in [0.717, 1.165) is 4.88 Å². The smallest absolute Gasteiger partial charge is 0.280 e. The van der Waals surface area contributed by atoms with Gasteiger partial charge in [0.25, 0.3) is 5.91 Å². The maximum atomic E-state index is 13.0. The molecule has 0 saturated heterocycles. The Balaban J connectivity index is 1.81. The molecule has 35 heavy (non-hydrogen) atoms. The highest BCUT2D eigenvalue weighted by molar-refractivity contribution is 7.89. The van der Waals surface area contributed by atoms with Crippen LogP contribution in [0.4, 0.5) is 5.13 Å². The molecule has 3 rings (SSSR count). The van der Waals surface area contributed by atoms with Crippen molar-refractivity contribution in [1.29, 1.82) is 0 Å². The molecule has 186 valence electrons. The summed E-state index contributed by atoms with van der Waals surface area (Å²) in [5, 5.41) is 7.00. The Morgan fingerprint density at radius 2 is 1.80 bits per heavy atom. The molecule has 3 aromatic rings. The van der Waals surface area contributed by atoms with Gasteiger partial charge in [-0.3, -0.25) is 10.1 Å². The quantitative estimate of drug-likeness (QED) is 0.194. The number of hydrogen-bond acceptors (Lipinski definition) is 11. The standard InChI is InChI=1S/C21H24N6O6S2/c1-31-11-10-25-35(29,30)17-6-4-15(5-7-17)19(27-33-14-18-22-8-3-9-23-18)20(28)26-21-24-12-16(34-21)13-32-2/h3-9,12,25H,10-11,13-14H2,1-2H3,(H,24,26,28). The van der Waals surface area contributed by atoms with Crippen molar-refractivity contribution < 1.29 is 27.5 Å². The SMILES string of the molecule is COCCNS(=O)(=O)c1ccc(C(=NOCc2ncccn2)C(=O)Nc2ncc(COC)s2)cc1. The van der Waals surface area contributed by atoms with E-state index in [-0.39, 0.29) is 30.4 Å². The number of amides is 1. The van der Waals surface area contributed by atoms with E-state index < -0.39 is 15.9 Å². The summed E-state index contributed by atoms with van der Waals surface area (Å²) in [6, 6.07) is 7.33. The molecule has 0 aliphatic rings. The molecule has 14 heteroatoms. The topological polar surface area (TPSA) is 154 Å². The number of sulfonamides is 1. The van der Waals surface area contributed by atoms with Crippen molar-refractivity contribution in [1.82, 2.24) is 19.7 Å². The zero-order valence-electron chi connectivity index (χ0n) is 19.0. The number of anilines is 1. The summed E-state index contributed by atoms with van der Waals surface area (Å²) in [6.45, 7) is 0.662. The van der Waals surface area contributed by atoms with E-state index >= 15 is 0 Å². The molecule has 1 amide bonds. The number of carbonyl (C=O) groups excluding carboxylic acids is 1. The zero-order chi connectivity index (χ0) is 25.1. The maximum Gasteiger partial charge on any atom is 0.280 e. The van der Waals surface area contributed by atoms with Gasteiger partial charge in [-0.2, -0.15) is 0 Å². The fourth-order valence-electron chi connectivity index (χ4n) is 2.67. The third-order valence-corrected chi connectivity index (χ3v) is 6.64. The largest absolute Gasteiger partial charge is 0.387 e. The van der Waals surface area contributed by atoms with Crippen LogP contribution >= 0.6 is 11.3 Å². The first-order valence-corrected chi connectivity index (χ1v) is 12.5. The summed E-state index contributed by atoms with van der Waals surface area (Å²) in [6.07, 6.45) is 4.71. The first kappa shape index (κ1) is 26.3. The second-order valence-electron chi connectivity index (χ2n) is 6.81. The molecule has 0 aliphatic heterocycles. The third-order valence-electron chi connectivity index (χ3n) is 4.28. The summed E-state index contributed by atoms with van der Waals surface area (Å²) < 4.78 is 37.2. The fraction of sp³-hybridized carbons (Fsp3) is 0.286. The number of hydrogen-bond donors (Lipinski definition) is 2. The number of aromatic nitrogens is 3. The van der Waals surface area contributed by atoms with Gasteiger partial charge in [0.2, 0.25) is 10.0 Å². The Morgan fingerprint density at radius 3 is 2.49 bits per heavy atom. The summed E-state index contributed by atoms with van der Waals surface area (Å²) in [4.78, 5) is 31.4. The average molecular weight is 521 g/mol. The van der Waals surface area contributed by atoms with Crippen LogP contribution in [-0.4, -0.2) is 62.4 Å². The lowest BCUT2D eigenvalue weighted by atomic mass is 10.1. The van der Waals surface area contributed by atoms with Crippen molar-refractivity contribution in [2.75, 3.05) is 32.7 Å². The first-order valence-electron chi connectivity index (χ1n) is 10.2. The first-order chi connectivity index (χ1) is 16.9. The van der Waals surface area contributed by atoms with Crippen LogP contribution in [0.15, 0.2) is 59.0 Å². The molecule has 0 radical (unpaired) electrons. The highest BCUT2D eigenvalue weighted by Crippen LogP contribution is 2.19. The van der Waals surface area contributed by atoms with Gasteiger partial charge in [0, 0.05) is 44.9 Å². The van der Waals surface area contributed by atoms with Crippen LogP contribution in [0.3, 0.4) is 0 Å². The van der Waals surface area contributed by atoms with Crippen molar-refractivity contribution >= 4 is 38.1 Å². The van der Waals surface area contributed by atoms with E-state index in [1.165, 1.54) is 42.7 Å². The molecule has 1 aromatic carbocycles. The zero-order valence-corrected chi connectivity index (χ0v) is 20.6. The van der Waals surface area contributed by atoms with Crippen LogP contribution in [0.2, 0.25) is 0 Å². The van der Waals surface area contributed by atoms with Crippen molar-refractivity contribution in [2.45, 2.75) is 18.1 Å². The average Bonchev–Trinajstić information content (AvgIpc) is 3.29. The van der Waals surface area contributed by atoms with Gasteiger partial charge in [-0.25, -0.2) is 28.1 Å². The van der Waals surface area contributed by atoms with Crippen molar-refractivity contribution in [2.24, 2.45) is 5.16 Å². The van der Waals surface area contributed by atoms with E-state index in [2.05, 4.69) is 30.1 Å². The van der Waals surface area contributed by atoms with Gasteiger partial charge in [-0.1, -0.05) is 28.6 Å². The van der Waals surface area contributed by atoms with Gasteiger partial charge in [-0.05, 0) is 18.2 Å². The number of benzene rings is 1. The Kier molecular flexibility index (Phi) is 9.75. The molecule has 0 fully saturated rings. The molecule has 0 bridgehead atoms. The van der Waals surface area contributed by atoms with Crippen LogP contribution in [0.25, 0.3) is 0 Å². The lowest BCUT2D eigenvalue weighted by Gasteiger charge is -2.09. The number of rotatable bonds is 13. The maximum absolute atomic E-state index is 13.0. The predicted molar refractivity (Wildman–Crippen MR) is 128 cm³/mol. The van der Waals surface area contributed by atoms with Gasteiger partial charge in [0.05, 0.1) is 23.0 Å². The second-order valence-corrected chi connectivity index (χ2v) is 9.69. The normalized spacial score (nSPS) is 11.9. The molecule has 0 saturated carbocycles. The Morgan fingerprint density at radius 1 is 1.06 bits per heavy atom.